The first kappa shape index (κ1) is 19.5. The number of hydrazine groups is 3. The molecule has 0 aromatic carbocycles. The van der Waals surface area contributed by atoms with Gasteiger partial charge in [-0.15, -0.1) is 37.9 Å². The van der Waals surface area contributed by atoms with Gasteiger partial charge in [0.2, 0.25) is 0 Å². The summed E-state index contributed by atoms with van der Waals surface area (Å²) in [6, 6.07) is 0. The minimum atomic E-state index is -0.822. The van der Waals surface area contributed by atoms with E-state index in [1.54, 1.807) is 0 Å². The number of thiol groups is 3. The fourth-order valence-corrected chi connectivity index (χ4v) is 2.26. The molecule has 21 heavy (non-hydrogen) atoms. The van der Waals surface area contributed by atoms with Gasteiger partial charge in [0.05, 0.1) is 0 Å². The highest BCUT2D eigenvalue weighted by atomic mass is 32.1. The Kier molecular flexibility index (Phi) is 7.78. The Balaban J connectivity index is 3.06. The van der Waals surface area contributed by atoms with Crippen LogP contribution >= 0.6 is 74.5 Å². The first-order valence-corrected chi connectivity index (χ1v) is 7.82. The lowest BCUT2D eigenvalue weighted by atomic mass is 10.5. The van der Waals surface area contributed by atoms with Gasteiger partial charge in [-0.2, -0.15) is 15.0 Å². The summed E-state index contributed by atoms with van der Waals surface area (Å²) in [7, 11) is 0. The predicted molar refractivity (Wildman–Crippen MR) is 104 cm³/mol. The zero-order chi connectivity index (χ0) is 16.3. The lowest BCUT2D eigenvalue weighted by Crippen LogP contribution is -2.84. The maximum Gasteiger partial charge on any atom is 0.154 e. The van der Waals surface area contributed by atoms with Crippen LogP contribution < -0.4 is 33.5 Å². The third kappa shape index (κ3) is 5.26. The third-order valence-corrected chi connectivity index (χ3v) is 2.96. The van der Waals surface area contributed by atoms with Crippen LogP contribution in [0.3, 0.4) is 0 Å². The molecule has 0 unspecified atom stereocenters. The van der Waals surface area contributed by atoms with Gasteiger partial charge in [-0.05, 0) is 0 Å². The van der Waals surface area contributed by atoms with Crippen LogP contribution in [0.1, 0.15) is 0 Å². The van der Waals surface area contributed by atoms with Crippen LogP contribution in [0.2, 0.25) is 0 Å². The van der Waals surface area contributed by atoms with Crippen LogP contribution in [0.15, 0.2) is 0 Å². The number of nitrogens with zero attached hydrogens (tertiary/aromatic N) is 3. The SMILES string of the molecule is NC1N(NC(=S)S)C(N)N(NC(=S)S)C(N)N1NC(=S)S. The van der Waals surface area contributed by atoms with Crippen LogP contribution in [0, 0.1) is 0 Å². The number of nitrogens with two attached hydrogens (primary N) is 3. The highest BCUT2D eigenvalue weighted by Gasteiger charge is 2.43. The van der Waals surface area contributed by atoms with Crippen molar-refractivity contribution in [3.05, 3.63) is 0 Å². The van der Waals surface area contributed by atoms with Gasteiger partial charge in [0, 0.05) is 0 Å². The predicted octanol–water partition coefficient (Wildman–Crippen LogP) is -2.21. The van der Waals surface area contributed by atoms with E-state index in [4.69, 9.17) is 53.9 Å². The van der Waals surface area contributed by atoms with E-state index in [2.05, 4.69) is 54.2 Å². The van der Waals surface area contributed by atoms with Crippen molar-refractivity contribution in [2.45, 2.75) is 18.9 Å². The molecule has 0 bridgehead atoms. The second-order valence-corrected chi connectivity index (χ2v) is 7.19. The maximum absolute atomic E-state index is 6.07. The van der Waals surface area contributed by atoms with Gasteiger partial charge in [-0.1, -0.05) is 36.7 Å². The fourth-order valence-electron chi connectivity index (χ4n) is 1.60. The summed E-state index contributed by atoms with van der Waals surface area (Å²) in [5.41, 5.74) is 26.4. The lowest BCUT2D eigenvalue weighted by molar-refractivity contribution is -0.201. The molecule has 15 heteroatoms. The van der Waals surface area contributed by atoms with Crippen molar-refractivity contribution < 1.29 is 0 Å². The summed E-state index contributed by atoms with van der Waals surface area (Å²) < 4.78 is 0.495. The van der Waals surface area contributed by atoms with E-state index in [9.17, 15) is 0 Å². The zero-order valence-electron chi connectivity index (χ0n) is 10.4. The molecule has 0 aliphatic carbocycles. The standard InChI is InChI=1S/C6H15N9S6/c7-1-13(10-4(16)17)2(8)15(12-6(20)21)3(9)14(1)11-5(18)19/h1-3H,7-9H2,(H2,10,16,17)(H2,11,18,19)(H2,12,20,21). The van der Waals surface area contributed by atoms with E-state index in [-0.39, 0.29) is 13.0 Å². The van der Waals surface area contributed by atoms with Crippen molar-refractivity contribution in [1.82, 2.24) is 31.3 Å². The van der Waals surface area contributed by atoms with Crippen LogP contribution in [0.4, 0.5) is 0 Å². The molecule has 9 N–H and O–H groups in total. The van der Waals surface area contributed by atoms with E-state index in [0.717, 1.165) is 0 Å². The minimum Gasteiger partial charge on any atom is -0.300 e. The molecule has 0 radical (unpaired) electrons. The Bertz CT molecular complexity index is 359. The summed E-state index contributed by atoms with van der Waals surface area (Å²) >= 11 is 26.6. The monoisotopic (exact) mass is 405 g/mol. The van der Waals surface area contributed by atoms with Crippen LogP contribution in [0.25, 0.3) is 0 Å². The molecular formula is C6H15N9S6. The molecular weight excluding hydrogens is 391 g/mol. The van der Waals surface area contributed by atoms with Crippen LogP contribution in [0.5, 0.6) is 0 Å². The van der Waals surface area contributed by atoms with Crippen LogP contribution in [-0.2, 0) is 0 Å². The van der Waals surface area contributed by atoms with Gasteiger partial charge in [-0.25, -0.2) is 0 Å². The van der Waals surface area contributed by atoms with Crippen molar-refractivity contribution in [3.63, 3.8) is 0 Å². The molecule has 1 aliphatic rings. The topological polar surface area (TPSA) is 124 Å². The second kappa shape index (κ2) is 8.37. The molecule has 1 fully saturated rings. The van der Waals surface area contributed by atoms with Gasteiger partial charge in [0.25, 0.3) is 0 Å². The molecule has 120 valence electrons. The first-order valence-electron chi connectivity index (χ1n) is 5.25. The van der Waals surface area contributed by atoms with Crippen molar-refractivity contribution in [2.75, 3.05) is 0 Å². The average molecular weight is 406 g/mol. The van der Waals surface area contributed by atoms with Crippen LogP contribution in [-0.4, -0.2) is 46.9 Å². The Labute approximate surface area is 154 Å². The zero-order valence-corrected chi connectivity index (χ0v) is 15.5. The highest BCUT2D eigenvalue weighted by molar-refractivity contribution is 8.11. The van der Waals surface area contributed by atoms with Gasteiger partial charge in [-0.3, -0.25) is 16.3 Å². The van der Waals surface area contributed by atoms with Gasteiger partial charge < -0.3 is 17.2 Å². The minimum absolute atomic E-state index is 0.165. The fraction of sp³-hybridized carbons (Fsp3) is 0.500. The number of thiocarbonyl (C=S) groups is 3. The number of rotatable bonds is 3. The van der Waals surface area contributed by atoms with E-state index in [0.29, 0.717) is 0 Å². The Morgan fingerprint density at radius 1 is 0.667 bits per heavy atom. The summed E-state index contributed by atoms with van der Waals surface area (Å²) in [5, 5.41) is 4.16. The smallest absolute Gasteiger partial charge is 0.154 e. The van der Waals surface area contributed by atoms with Crippen molar-refractivity contribution >= 4 is 87.5 Å². The lowest BCUT2D eigenvalue weighted by Gasteiger charge is -2.52. The molecule has 1 rings (SSSR count). The third-order valence-electron chi connectivity index (χ3n) is 2.38. The summed E-state index contributed by atoms with van der Waals surface area (Å²) in [5.74, 6) is 0. The number of hydrogen-bond donors (Lipinski definition) is 9. The Morgan fingerprint density at radius 2 is 0.857 bits per heavy atom. The maximum atomic E-state index is 6.07. The van der Waals surface area contributed by atoms with Gasteiger partial charge in [0.15, 0.2) is 18.9 Å². The molecule has 0 aromatic heterocycles. The molecule has 1 saturated heterocycles. The largest absolute Gasteiger partial charge is 0.300 e. The van der Waals surface area contributed by atoms with Crippen molar-refractivity contribution in [1.29, 1.82) is 0 Å². The molecule has 0 saturated carbocycles. The molecule has 1 aliphatic heterocycles. The summed E-state index contributed by atoms with van der Waals surface area (Å²) in [4.78, 5) is 0. The highest BCUT2D eigenvalue weighted by Crippen LogP contribution is 2.14. The Hall–Kier alpha value is 0.480. The van der Waals surface area contributed by atoms with Gasteiger partial charge in [0.1, 0.15) is 13.0 Å². The Morgan fingerprint density at radius 3 is 1.00 bits per heavy atom. The second-order valence-electron chi connectivity index (χ2n) is 3.71. The molecule has 9 nitrogen and oxygen atoms in total. The summed E-state index contributed by atoms with van der Waals surface area (Å²) in [6.45, 7) is 0. The molecule has 0 aromatic rings. The van der Waals surface area contributed by atoms with Gasteiger partial charge >= 0.3 is 0 Å². The normalized spacial score (nSPS) is 28.0. The average Bonchev–Trinajstić information content (AvgIpc) is 2.35. The van der Waals surface area contributed by atoms with E-state index >= 15 is 0 Å². The first-order chi connectivity index (χ1) is 9.65. The van der Waals surface area contributed by atoms with Crippen molar-refractivity contribution in [3.8, 4) is 0 Å². The van der Waals surface area contributed by atoms with E-state index < -0.39 is 18.9 Å². The molecule has 1 heterocycles. The van der Waals surface area contributed by atoms with E-state index in [1.165, 1.54) is 15.0 Å². The molecule has 0 amide bonds. The molecule has 0 spiro atoms. The van der Waals surface area contributed by atoms with Crippen molar-refractivity contribution in [2.24, 2.45) is 17.2 Å². The number of hydrogen-bond acceptors (Lipinski definition) is 9. The molecule has 0 atom stereocenters. The number of nitrogens with one attached hydrogen (secondary N) is 3. The van der Waals surface area contributed by atoms with E-state index in [1.807, 2.05) is 0 Å². The quantitative estimate of drug-likeness (QED) is 0.187. The summed E-state index contributed by atoms with van der Waals surface area (Å²) in [6.07, 6.45) is -2.47.